The largest absolute Gasteiger partial charge is 0.367 e. The van der Waals surface area contributed by atoms with Crippen LogP contribution in [-0.2, 0) is 0 Å². The van der Waals surface area contributed by atoms with Crippen LogP contribution < -0.4 is 5.32 Å². The fourth-order valence-corrected chi connectivity index (χ4v) is 5.33. The van der Waals surface area contributed by atoms with Gasteiger partial charge in [0, 0.05) is 23.0 Å². The first kappa shape index (κ1) is 21.1. The topological polar surface area (TPSA) is 50.7 Å². The highest BCUT2D eigenvalue weighted by molar-refractivity contribution is 6.28. The summed E-state index contributed by atoms with van der Waals surface area (Å²) in [5.41, 5.74) is 2.96. The molecule has 0 spiro atoms. The zero-order valence-corrected chi connectivity index (χ0v) is 18.8. The van der Waals surface area contributed by atoms with Crippen molar-refractivity contribution in [1.29, 1.82) is 0 Å². The molecule has 5 rings (SSSR count). The maximum Gasteiger partial charge on any atom is 0.224 e. The van der Waals surface area contributed by atoms with E-state index in [-0.39, 0.29) is 17.1 Å². The summed E-state index contributed by atoms with van der Waals surface area (Å²) in [4.78, 5) is 13.1. The second-order valence-corrected chi connectivity index (χ2v) is 9.26. The predicted octanol–water partition coefficient (Wildman–Crippen LogP) is 7.14. The van der Waals surface area contributed by atoms with Crippen molar-refractivity contribution in [2.75, 3.05) is 5.32 Å². The maximum atomic E-state index is 13.8. The summed E-state index contributed by atoms with van der Waals surface area (Å²) in [7, 11) is 0. The fraction of sp³-hybridized carbons (Fsp3) is 0.346. The molecule has 32 heavy (non-hydrogen) atoms. The number of nitrogens with one attached hydrogen (secondary N) is 1. The molecule has 2 aromatic carbocycles. The normalized spacial score (nSPS) is 19.8. The molecule has 0 bridgehead atoms. The van der Waals surface area contributed by atoms with Crippen molar-refractivity contribution in [2.24, 2.45) is 5.92 Å². The highest BCUT2D eigenvalue weighted by Gasteiger charge is 2.25. The fourth-order valence-electron chi connectivity index (χ4n) is 5.16. The number of nitrogens with zero attached hydrogens (tertiary/aromatic N) is 3. The first-order valence-corrected chi connectivity index (χ1v) is 11.7. The number of fused-ring (bicyclic) bond motifs is 2. The average molecular weight is 449 g/mol. The quantitative estimate of drug-likeness (QED) is 0.330. The van der Waals surface area contributed by atoms with Gasteiger partial charge in [-0.1, -0.05) is 12.1 Å². The summed E-state index contributed by atoms with van der Waals surface area (Å²) in [6, 6.07) is 15.2. The number of rotatable bonds is 5. The highest BCUT2D eigenvalue weighted by Crippen LogP contribution is 2.40. The van der Waals surface area contributed by atoms with E-state index in [1.165, 1.54) is 24.5 Å². The maximum absolute atomic E-state index is 13.8. The SMILES string of the molecule is CC(C[C@H]1CC[C@@H](c2ccnc3ccc(F)cc32)CC1)Nc1nc(Cl)nc2ccccc12. The molecular formula is C26H26ClFN4. The molecule has 2 heterocycles. The molecule has 1 saturated carbocycles. The molecule has 6 heteroatoms. The summed E-state index contributed by atoms with van der Waals surface area (Å²) >= 11 is 6.13. The van der Waals surface area contributed by atoms with E-state index in [4.69, 9.17) is 11.6 Å². The van der Waals surface area contributed by atoms with Crippen molar-refractivity contribution in [3.63, 3.8) is 0 Å². The highest BCUT2D eigenvalue weighted by atomic mass is 35.5. The average Bonchev–Trinajstić information content (AvgIpc) is 2.79. The van der Waals surface area contributed by atoms with Crippen molar-refractivity contribution in [3.05, 3.63) is 71.4 Å². The van der Waals surface area contributed by atoms with Gasteiger partial charge in [0.15, 0.2) is 0 Å². The molecule has 1 unspecified atom stereocenters. The van der Waals surface area contributed by atoms with Gasteiger partial charge >= 0.3 is 0 Å². The second-order valence-electron chi connectivity index (χ2n) is 8.92. The van der Waals surface area contributed by atoms with Gasteiger partial charge in [0.05, 0.1) is 11.0 Å². The molecule has 0 amide bonds. The minimum atomic E-state index is -0.197. The van der Waals surface area contributed by atoms with Gasteiger partial charge in [0.25, 0.3) is 0 Å². The Morgan fingerprint density at radius 2 is 1.81 bits per heavy atom. The van der Waals surface area contributed by atoms with Crippen LogP contribution in [-0.4, -0.2) is 21.0 Å². The lowest BCUT2D eigenvalue weighted by Gasteiger charge is -2.31. The molecule has 1 N–H and O–H groups in total. The van der Waals surface area contributed by atoms with Crippen LogP contribution in [0.15, 0.2) is 54.7 Å². The lowest BCUT2D eigenvalue weighted by atomic mass is 9.76. The van der Waals surface area contributed by atoms with Crippen molar-refractivity contribution < 1.29 is 4.39 Å². The van der Waals surface area contributed by atoms with E-state index < -0.39 is 0 Å². The minimum Gasteiger partial charge on any atom is -0.367 e. The Morgan fingerprint density at radius 1 is 1.00 bits per heavy atom. The van der Waals surface area contributed by atoms with E-state index in [2.05, 4.69) is 33.3 Å². The van der Waals surface area contributed by atoms with Crippen molar-refractivity contribution in [2.45, 2.75) is 51.0 Å². The van der Waals surface area contributed by atoms with Gasteiger partial charge in [-0.05, 0) is 104 Å². The molecule has 1 fully saturated rings. The van der Waals surface area contributed by atoms with Gasteiger partial charge in [-0.2, -0.15) is 0 Å². The number of benzene rings is 2. The van der Waals surface area contributed by atoms with Crippen LogP contribution in [0.1, 0.15) is 50.5 Å². The third-order valence-electron chi connectivity index (χ3n) is 6.67. The molecule has 2 aromatic heterocycles. The van der Waals surface area contributed by atoms with E-state index in [9.17, 15) is 4.39 Å². The monoisotopic (exact) mass is 448 g/mol. The van der Waals surface area contributed by atoms with Crippen LogP contribution in [0.5, 0.6) is 0 Å². The molecule has 1 aliphatic rings. The summed E-state index contributed by atoms with van der Waals surface area (Å²) < 4.78 is 13.8. The number of aromatic nitrogens is 3. The molecule has 1 aliphatic carbocycles. The predicted molar refractivity (Wildman–Crippen MR) is 129 cm³/mol. The smallest absolute Gasteiger partial charge is 0.224 e. The standard InChI is InChI=1S/C26H26ClFN4/c1-16(30-25-21-4-2-3-5-24(21)31-26(27)32-25)14-17-6-8-18(9-7-17)20-12-13-29-23-11-10-19(28)15-22(20)23/h2-5,10-13,15-18H,6-9,14H2,1H3,(H,30,31,32)/t16?,17-,18+. The third-order valence-corrected chi connectivity index (χ3v) is 6.84. The lowest BCUT2D eigenvalue weighted by molar-refractivity contribution is 0.302. The van der Waals surface area contributed by atoms with Crippen LogP contribution in [0, 0.1) is 11.7 Å². The minimum absolute atomic E-state index is 0.197. The lowest BCUT2D eigenvalue weighted by Crippen LogP contribution is -2.23. The van der Waals surface area contributed by atoms with Gasteiger partial charge < -0.3 is 5.32 Å². The molecular weight excluding hydrogens is 423 g/mol. The van der Waals surface area contributed by atoms with Gasteiger partial charge in [0.2, 0.25) is 5.28 Å². The van der Waals surface area contributed by atoms with Gasteiger partial charge in [-0.15, -0.1) is 0 Å². The molecule has 0 saturated heterocycles. The Labute approximate surface area is 192 Å². The zero-order chi connectivity index (χ0) is 22.1. The molecule has 4 nitrogen and oxygen atoms in total. The Balaban J connectivity index is 1.24. The van der Waals surface area contributed by atoms with Crippen LogP contribution in [0.25, 0.3) is 21.8 Å². The third kappa shape index (κ3) is 4.40. The summed E-state index contributed by atoms with van der Waals surface area (Å²) in [6.07, 6.45) is 7.51. The van der Waals surface area contributed by atoms with Crippen LogP contribution in [0.2, 0.25) is 5.28 Å². The Bertz CT molecular complexity index is 1250. The van der Waals surface area contributed by atoms with E-state index >= 15 is 0 Å². The van der Waals surface area contributed by atoms with Crippen molar-refractivity contribution >= 4 is 39.2 Å². The number of para-hydroxylation sites is 1. The van der Waals surface area contributed by atoms with E-state index in [0.717, 1.165) is 46.9 Å². The van der Waals surface area contributed by atoms with E-state index in [1.54, 1.807) is 12.1 Å². The van der Waals surface area contributed by atoms with Crippen molar-refractivity contribution in [1.82, 2.24) is 15.0 Å². The second kappa shape index (κ2) is 8.99. The number of hydrogen-bond donors (Lipinski definition) is 1. The number of pyridine rings is 1. The molecule has 4 aromatic rings. The zero-order valence-electron chi connectivity index (χ0n) is 18.1. The van der Waals surface area contributed by atoms with Crippen molar-refractivity contribution in [3.8, 4) is 0 Å². The number of anilines is 1. The summed E-state index contributed by atoms with van der Waals surface area (Å²) in [5, 5.41) is 5.77. The van der Waals surface area contributed by atoms with Gasteiger partial charge in [-0.25, -0.2) is 14.4 Å². The Morgan fingerprint density at radius 3 is 2.66 bits per heavy atom. The van der Waals surface area contributed by atoms with Crippen LogP contribution in [0.3, 0.4) is 0 Å². The van der Waals surface area contributed by atoms with Crippen LogP contribution in [0.4, 0.5) is 10.2 Å². The Kier molecular flexibility index (Phi) is 5.92. The molecule has 1 atom stereocenters. The van der Waals surface area contributed by atoms with Gasteiger partial charge in [-0.3, -0.25) is 4.98 Å². The first-order chi connectivity index (χ1) is 15.6. The van der Waals surface area contributed by atoms with Crippen LogP contribution >= 0.6 is 11.6 Å². The summed E-state index contributed by atoms with van der Waals surface area (Å²) in [6.45, 7) is 2.20. The van der Waals surface area contributed by atoms with E-state index in [1.807, 2.05) is 30.5 Å². The van der Waals surface area contributed by atoms with E-state index in [0.29, 0.717) is 11.8 Å². The number of halogens is 2. The summed E-state index contributed by atoms with van der Waals surface area (Å²) in [5.74, 6) is 1.72. The molecule has 0 radical (unpaired) electrons. The number of hydrogen-bond acceptors (Lipinski definition) is 4. The Hall–Kier alpha value is -2.79. The molecule has 164 valence electrons. The van der Waals surface area contributed by atoms with Gasteiger partial charge in [0.1, 0.15) is 11.6 Å². The first-order valence-electron chi connectivity index (χ1n) is 11.3. The molecule has 0 aliphatic heterocycles.